The van der Waals surface area contributed by atoms with Gasteiger partial charge in [0.1, 0.15) is 16.7 Å². The van der Waals surface area contributed by atoms with Gasteiger partial charge in [0.15, 0.2) is 23.1 Å². The molecule has 0 radical (unpaired) electrons. The molecule has 7 aromatic carbocycles. The van der Waals surface area contributed by atoms with Crippen molar-refractivity contribution in [1.29, 1.82) is 0 Å². The Balaban J connectivity index is 1.03. The summed E-state index contributed by atoms with van der Waals surface area (Å²) in [6, 6.07) is 53.5. The first-order valence-electron chi connectivity index (χ1n) is 17.4. The minimum absolute atomic E-state index is 0.596. The van der Waals surface area contributed by atoms with Crippen LogP contribution in [-0.4, -0.2) is 19.9 Å². The number of furan rings is 1. The van der Waals surface area contributed by atoms with E-state index in [0.717, 1.165) is 66.4 Å². The zero-order valence-electron chi connectivity index (χ0n) is 28.0. The number of thiophene rings is 1. The van der Waals surface area contributed by atoms with Gasteiger partial charge in [-0.25, -0.2) is 19.9 Å². The van der Waals surface area contributed by atoms with Crippen LogP contribution in [0, 0.1) is 0 Å². The number of hydrogen-bond donors (Lipinski definition) is 0. The Morgan fingerprint density at radius 3 is 1.83 bits per heavy atom. The van der Waals surface area contributed by atoms with Gasteiger partial charge in [0.2, 0.25) is 5.89 Å². The first-order chi connectivity index (χ1) is 26.2. The maximum atomic E-state index is 6.21. The van der Waals surface area contributed by atoms with Crippen LogP contribution in [0.3, 0.4) is 0 Å². The van der Waals surface area contributed by atoms with E-state index >= 15 is 0 Å². The fourth-order valence-corrected chi connectivity index (χ4v) is 8.44. The van der Waals surface area contributed by atoms with Gasteiger partial charge in [-0.15, -0.1) is 11.3 Å². The summed E-state index contributed by atoms with van der Waals surface area (Å²) in [5.41, 5.74) is 9.22. The Morgan fingerprint density at radius 2 is 1.02 bits per heavy atom. The maximum absolute atomic E-state index is 6.21. The second-order valence-corrected chi connectivity index (χ2v) is 14.1. The molecule has 4 aromatic heterocycles. The van der Waals surface area contributed by atoms with Gasteiger partial charge in [-0.3, -0.25) is 0 Å². The highest BCUT2D eigenvalue weighted by Gasteiger charge is 2.19. The fourth-order valence-electron chi connectivity index (χ4n) is 7.29. The van der Waals surface area contributed by atoms with Crippen LogP contribution in [-0.2, 0) is 0 Å². The highest BCUT2D eigenvalue weighted by molar-refractivity contribution is 7.26. The third-order valence-corrected chi connectivity index (χ3v) is 10.9. The van der Waals surface area contributed by atoms with E-state index in [9.17, 15) is 0 Å². The molecule has 0 bridgehead atoms. The van der Waals surface area contributed by atoms with Crippen LogP contribution in [0.5, 0.6) is 0 Å². The normalized spacial score (nSPS) is 11.8. The van der Waals surface area contributed by atoms with Crippen LogP contribution in [0.2, 0.25) is 0 Å². The third kappa shape index (κ3) is 4.93. The lowest BCUT2D eigenvalue weighted by Gasteiger charge is -2.10. The number of para-hydroxylation sites is 1. The number of nitrogens with zero attached hydrogens (tertiary/aromatic N) is 4. The molecular formula is C46H26N4O2S. The van der Waals surface area contributed by atoms with Crippen molar-refractivity contribution in [2.75, 3.05) is 0 Å². The summed E-state index contributed by atoms with van der Waals surface area (Å²) in [7, 11) is 0. The lowest BCUT2D eigenvalue weighted by molar-refractivity contribution is 0.620. The minimum atomic E-state index is 0.596. The molecule has 0 fully saturated rings. The van der Waals surface area contributed by atoms with E-state index in [1.54, 1.807) is 11.3 Å². The second kappa shape index (κ2) is 11.8. The van der Waals surface area contributed by atoms with Crippen LogP contribution in [0.1, 0.15) is 0 Å². The molecule has 0 amide bonds. The van der Waals surface area contributed by atoms with Gasteiger partial charge in [-0.05, 0) is 47.5 Å². The summed E-state index contributed by atoms with van der Waals surface area (Å²) in [5, 5.41) is 4.40. The second-order valence-electron chi connectivity index (χ2n) is 13.0. The van der Waals surface area contributed by atoms with E-state index in [0.29, 0.717) is 23.4 Å². The van der Waals surface area contributed by atoms with Gasteiger partial charge < -0.3 is 8.83 Å². The number of oxazole rings is 1. The van der Waals surface area contributed by atoms with E-state index in [4.69, 9.17) is 28.8 Å². The Bertz CT molecular complexity index is 3160. The van der Waals surface area contributed by atoms with Crippen LogP contribution in [0.15, 0.2) is 167 Å². The molecule has 11 rings (SSSR count). The van der Waals surface area contributed by atoms with E-state index in [1.807, 2.05) is 91.0 Å². The van der Waals surface area contributed by atoms with E-state index in [-0.39, 0.29) is 0 Å². The quantitative estimate of drug-likeness (QED) is 0.178. The molecule has 6 nitrogen and oxygen atoms in total. The van der Waals surface area contributed by atoms with Crippen LogP contribution in [0.4, 0.5) is 0 Å². The average Bonchev–Trinajstić information content (AvgIpc) is 3.93. The van der Waals surface area contributed by atoms with Gasteiger partial charge >= 0.3 is 0 Å². The maximum Gasteiger partial charge on any atom is 0.227 e. The largest absolute Gasteiger partial charge is 0.456 e. The zero-order valence-corrected chi connectivity index (χ0v) is 28.8. The molecule has 0 saturated heterocycles. The van der Waals surface area contributed by atoms with Crippen molar-refractivity contribution in [1.82, 2.24) is 19.9 Å². The van der Waals surface area contributed by atoms with Crippen molar-refractivity contribution in [2.45, 2.75) is 0 Å². The van der Waals surface area contributed by atoms with Crippen LogP contribution < -0.4 is 0 Å². The highest BCUT2D eigenvalue weighted by atomic mass is 32.1. The Morgan fingerprint density at radius 1 is 0.377 bits per heavy atom. The predicted octanol–water partition coefficient (Wildman–Crippen LogP) is 12.6. The first kappa shape index (κ1) is 29.7. The molecule has 0 aliphatic heterocycles. The molecule has 248 valence electrons. The van der Waals surface area contributed by atoms with E-state index in [1.165, 1.54) is 20.2 Å². The van der Waals surface area contributed by atoms with Crippen LogP contribution >= 0.6 is 11.3 Å². The minimum Gasteiger partial charge on any atom is -0.456 e. The average molecular weight is 699 g/mol. The molecule has 0 aliphatic carbocycles. The van der Waals surface area contributed by atoms with Crippen molar-refractivity contribution in [3.8, 4) is 56.7 Å². The predicted molar refractivity (Wildman–Crippen MR) is 215 cm³/mol. The Labute approximate surface area is 306 Å². The number of rotatable bonds is 5. The van der Waals surface area contributed by atoms with Crippen molar-refractivity contribution in [2.24, 2.45) is 0 Å². The Hall–Kier alpha value is -6.96. The molecule has 7 heteroatoms. The zero-order chi connectivity index (χ0) is 34.9. The molecule has 0 N–H and O–H groups in total. The summed E-state index contributed by atoms with van der Waals surface area (Å²) in [6.45, 7) is 0. The summed E-state index contributed by atoms with van der Waals surface area (Å²) in [6.07, 6.45) is 0. The van der Waals surface area contributed by atoms with Crippen molar-refractivity contribution in [3.63, 3.8) is 0 Å². The van der Waals surface area contributed by atoms with Crippen molar-refractivity contribution >= 4 is 64.5 Å². The van der Waals surface area contributed by atoms with Crippen LogP contribution in [0.25, 0.3) is 110 Å². The van der Waals surface area contributed by atoms with Crippen molar-refractivity contribution in [3.05, 3.63) is 158 Å². The van der Waals surface area contributed by atoms with Gasteiger partial charge in [-0.2, -0.15) is 0 Å². The van der Waals surface area contributed by atoms with Gasteiger partial charge in [0.05, 0.1) is 0 Å². The number of aromatic nitrogens is 4. The molecule has 53 heavy (non-hydrogen) atoms. The fraction of sp³-hybridized carbons (Fsp3) is 0. The molecule has 0 atom stereocenters. The summed E-state index contributed by atoms with van der Waals surface area (Å²) in [4.78, 5) is 20.0. The molecule has 4 heterocycles. The molecule has 0 spiro atoms. The highest BCUT2D eigenvalue weighted by Crippen LogP contribution is 2.43. The lowest BCUT2D eigenvalue weighted by Crippen LogP contribution is -2.00. The van der Waals surface area contributed by atoms with Crippen molar-refractivity contribution < 1.29 is 8.83 Å². The third-order valence-electron chi connectivity index (χ3n) is 9.79. The van der Waals surface area contributed by atoms with Gasteiger partial charge in [0.25, 0.3) is 0 Å². The van der Waals surface area contributed by atoms with Gasteiger partial charge in [0, 0.05) is 59.3 Å². The molecule has 11 aromatic rings. The molecule has 0 aliphatic rings. The molecule has 0 unspecified atom stereocenters. The number of fused-ring (bicyclic) bond motifs is 7. The first-order valence-corrected chi connectivity index (χ1v) is 18.2. The van der Waals surface area contributed by atoms with E-state index < -0.39 is 0 Å². The monoisotopic (exact) mass is 698 g/mol. The summed E-state index contributed by atoms with van der Waals surface area (Å²) >= 11 is 1.77. The number of hydrogen-bond acceptors (Lipinski definition) is 7. The Kier molecular flexibility index (Phi) is 6.62. The molecule has 0 saturated carbocycles. The topological polar surface area (TPSA) is 77.8 Å². The summed E-state index contributed by atoms with van der Waals surface area (Å²) in [5.74, 6) is 2.44. The molecular weight excluding hydrogens is 673 g/mol. The smallest absolute Gasteiger partial charge is 0.227 e. The summed E-state index contributed by atoms with van der Waals surface area (Å²) < 4.78 is 14.8. The SMILES string of the molecule is c1ccc(-c2nc(-c3ccc(-c4cccc5sc6cc7oc(-c8ccccc8)nc7cc6c45)cc3)nc(-c3cccc4oc5ccccc5c34)n2)cc1. The van der Waals surface area contributed by atoms with Gasteiger partial charge in [-0.1, -0.05) is 115 Å². The van der Waals surface area contributed by atoms with E-state index in [2.05, 4.69) is 66.7 Å². The standard InChI is InChI=1S/C46H26N4O2S/c1-3-11-28(12-4-1)43-48-44(50-45(49-43)33-17-9-19-37-41(33)32-15-7-8-18-36(32)51-37)29-23-21-27(22-24-29)31-16-10-20-39-42(31)34-25-35-38(26-40(34)53-39)52-46(47-35)30-13-5-2-6-14-30/h1-26H. The number of benzene rings is 7. The lowest BCUT2D eigenvalue weighted by atomic mass is 9.98.